The molecule has 1 aromatic heterocycles. The lowest BCUT2D eigenvalue weighted by Gasteiger charge is -2.16. The molecule has 3 aromatic rings. The van der Waals surface area contributed by atoms with Crippen LogP contribution in [0.3, 0.4) is 0 Å². The Labute approximate surface area is 181 Å². The molecule has 1 unspecified atom stereocenters. The molecule has 2 aromatic carbocycles. The van der Waals surface area contributed by atoms with E-state index in [0.717, 1.165) is 42.0 Å². The number of hydrogen-bond donors (Lipinski definition) is 2. The Hall–Kier alpha value is -3.25. The predicted molar refractivity (Wildman–Crippen MR) is 121 cm³/mol. The summed E-state index contributed by atoms with van der Waals surface area (Å²) in [4.78, 5) is 29.1. The second-order valence-electron chi connectivity index (χ2n) is 8.02. The molecule has 3 N–H and O–H groups in total. The maximum atomic E-state index is 12.8. The zero-order valence-electron chi connectivity index (χ0n) is 17.4. The molecule has 1 saturated carbocycles. The SMILES string of the molecule is NCC(C(=O)Nc1ccc2cnccc2c1)c1ccc(OCC(=O)C2CCCC2)cc1. The van der Waals surface area contributed by atoms with E-state index < -0.39 is 5.92 Å². The Kier molecular flexibility index (Phi) is 6.57. The van der Waals surface area contributed by atoms with Crippen LogP contribution in [0.15, 0.2) is 60.9 Å². The average molecular weight is 418 g/mol. The van der Waals surface area contributed by atoms with Crippen molar-refractivity contribution in [2.45, 2.75) is 31.6 Å². The van der Waals surface area contributed by atoms with Crippen molar-refractivity contribution in [3.63, 3.8) is 0 Å². The standard InChI is InChI=1S/C25H27N3O3/c26-14-23(25(30)28-21-8-5-20-15-27-12-11-19(20)13-21)17-6-9-22(10-7-17)31-16-24(29)18-3-1-2-4-18/h5-13,15,18,23H,1-4,14,16,26H2,(H,28,30). The van der Waals surface area contributed by atoms with Crippen LogP contribution in [0.4, 0.5) is 5.69 Å². The fourth-order valence-electron chi connectivity index (χ4n) is 4.10. The van der Waals surface area contributed by atoms with Gasteiger partial charge in [-0.05, 0) is 54.1 Å². The molecule has 31 heavy (non-hydrogen) atoms. The van der Waals surface area contributed by atoms with Crippen molar-refractivity contribution in [3.05, 3.63) is 66.5 Å². The van der Waals surface area contributed by atoms with Crippen LogP contribution in [0.5, 0.6) is 5.75 Å². The highest BCUT2D eigenvalue weighted by atomic mass is 16.5. The van der Waals surface area contributed by atoms with Crippen LogP contribution < -0.4 is 15.8 Å². The summed E-state index contributed by atoms with van der Waals surface area (Å²) in [5.41, 5.74) is 7.43. The van der Waals surface area contributed by atoms with Gasteiger partial charge in [-0.25, -0.2) is 0 Å². The van der Waals surface area contributed by atoms with E-state index in [4.69, 9.17) is 10.5 Å². The summed E-state index contributed by atoms with van der Waals surface area (Å²) in [6.45, 7) is 0.284. The molecule has 1 aliphatic rings. The van der Waals surface area contributed by atoms with Crippen molar-refractivity contribution in [1.29, 1.82) is 0 Å². The summed E-state index contributed by atoms with van der Waals surface area (Å²) in [5.74, 6) is 0.292. The number of carbonyl (C=O) groups excluding carboxylic acids is 2. The van der Waals surface area contributed by atoms with Crippen molar-refractivity contribution in [2.24, 2.45) is 11.7 Å². The predicted octanol–water partition coefficient (Wildman–Crippen LogP) is 4.05. The third-order valence-corrected chi connectivity index (χ3v) is 5.93. The lowest BCUT2D eigenvalue weighted by atomic mass is 9.98. The molecule has 0 saturated heterocycles. The van der Waals surface area contributed by atoms with E-state index in [-0.39, 0.29) is 30.8 Å². The number of pyridine rings is 1. The van der Waals surface area contributed by atoms with Crippen LogP contribution in [0.25, 0.3) is 10.8 Å². The minimum atomic E-state index is -0.484. The Morgan fingerprint density at radius 2 is 1.84 bits per heavy atom. The highest BCUT2D eigenvalue weighted by Crippen LogP contribution is 2.26. The van der Waals surface area contributed by atoms with Crippen LogP contribution in [0.2, 0.25) is 0 Å². The summed E-state index contributed by atoms with van der Waals surface area (Å²) >= 11 is 0. The molecule has 1 fully saturated rings. The van der Waals surface area contributed by atoms with Gasteiger partial charge in [-0.3, -0.25) is 14.6 Å². The van der Waals surface area contributed by atoms with E-state index in [0.29, 0.717) is 11.4 Å². The highest BCUT2D eigenvalue weighted by Gasteiger charge is 2.23. The molecule has 6 nitrogen and oxygen atoms in total. The minimum absolute atomic E-state index is 0.0995. The fourth-order valence-corrected chi connectivity index (χ4v) is 4.10. The van der Waals surface area contributed by atoms with E-state index in [9.17, 15) is 9.59 Å². The number of amides is 1. The van der Waals surface area contributed by atoms with E-state index in [1.807, 2.05) is 36.4 Å². The molecular formula is C25H27N3O3. The molecule has 1 aliphatic carbocycles. The minimum Gasteiger partial charge on any atom is -0.486 e. The molecule has 0 radical (unpaired) electrons. The average Bonchev–Trinajstić information content (AvgIpc) is 3.34. The smallest absolute Gasteiger partial charge is 0.233 e. The summed E-state index contributed by atoms with van der Waals surface area (Å²) < 4.78 is 5.66. The van der Waals surface area contributed by atoms with Gasteiger partial charge in [0, 0.05) is 35.9 Å². The van der Waals surface area contributed by atoms with Crippen LogP contribution in [0, 0.1) is 5.92 Å². The molecule has 1 atom stereocenters. The number of Topliss-reactive ketones (excluding diaryl/α,β-unsaturated/α-hetero) is 1. The van der Waals surface area contributed by atoms with E-state index in [1.165, 1.54) is 0 Å². The normalized spacial score (nSPS) is 15.0. The summed E-state index contributed by atoms with van der Waals surface area (Å²) in [6, 6.07) is 14.8. The number of carbonyl (C=O) groups is 2. The zero-order valence-corrected chi connectivity index (χ0v) is 17.4. The fraction of sp³-hybridized carbons (Fsp3) is 0.320. The molecule has 0 aliphatic heterocycles. The highest BCUT2D eigenvalue weighted by molar-refractivity contribution is 5.98. The van der Waals surface area contributed by atoms with Crippen molar-refractivity contribution in [1.82, 2.24) is 4.98 Å². The number of aromatic nitrogens is 1. The Morgan fingerprint density at radius 1 is 1.06 bits per heavy atom. The molecule has 0 bridgehead atoms. The van der Waals surface area contributed by atoms with Crippen molar-refractivity contribution in [3.8, 4) is 5.75 Å². The first-order valence-corrected chi connectivity index (χ1v) is 10.7. The maximum absolute atomic E-state index is 12.8. The Bertz CT molecular complexity index is 1060. The Morgan fingerprint density at radius 3 is 2.58 bits per heavy atom. The third-order valence-electron chi connectivity index (χ3n) is 5.93. The zero-order chi connectivity index (χ0) is 21.6. The molecule has 0 spiro atoms. The van der Waals surface area contributed by atoms with Gasteiger partial charge in [0.2, 0.25) is 5.91 Å². The second-order valence-corrected chi connectivity index (χ2v) is 8.02. The van der Waals surface area contributed by atoms with Gasteiger partial charge < -0.3 is 15.8 Å². The van der Waals surface area contributed by atoms with Gasteiger partial charge in [0.05, 0.1) is 5.92 Å². The Balaban J connectivity index is 1.38. The quantitative estimate of drug-likeness (QED) is 0.577. The van der Waals surface area contributed by atoms with Gasteiger partial charge in [0.1, 0.15) is 12.4 Å². The molecule has 1 amide bonds. The van der Waals surface area contributed by atoms with Gasteiger partial charge in [-0.15, -0.1) is 0 Å². The van der Waals surface area contributed by atoms with Crippen LogP contribution in [0.1, 0.15) is 37.2 Å². The topological polar surface area (TPSA) is 94.3 Å². The number of rotatable bonds is 8. The lowest BCUT2D eigenvalue weighted by molar-refractivity contribution is -0.124. The van der Waals surface area contributed by atoms with E-state index in [1.54, 1.807) is 24.5 Å². The number of nitrogens with one attached hydrogen (secondary N) is 1. The number of nitrogens with zero attached hydrogens (tertiary/aromatic N) is 1. The number of hydrogen-bond acceptors (Lipinski definition) is 5. The van der Waals surface area contributed by atoms with E-state index in [2.05, 4.69) is 10.3 Å². The number of ether oxygens (including phenoxy) is 1. The van der Waals surface area contributed by atoms with Crippen LogP contribution >= 0.6 is 0 Å². The summed E-state index contributed by atoms with van der Waals surface area (Å²) in [7, 11) is 0. The van der Waals surface area contributed by atoms with Gasteiger partial charge in [-0.1, -0.05) is 31.0 Å². The van der Waals surface area contributed by atoms with Crippen molar-refractivity contribution >= 4 is 28.2 Å². The van der Waals surface area contributed by atoms with Gasteiger partial charge in [0.25, 0.3) is 0 Å². The van der Waals surface area contributed by atoms with Crippen LogP contribution in [-0.2, 0) is 9.59 Å². The second kappa shape index (κ2) is 9.71. The van der Waals surface area contributed by atoms with Gasteiger partial charge in [0.15, 0.2) is 5.78 Å². The third kappa shape index (κ3) is 5.09. The first kappa shape index (κ1) is 21.0. The summed E-state index contributed by atoms with van der Waals surface area (Å²) in [5, 5.41) is 4.97. The molecule has 160 valence electrons. The van der Waals surface area contributed by atoms with Crippen LogP contribution in [-0.4, -0.2) is 29.8 Å². The van der Waals surface area contributed by atoms with Crippen molar-refractivity contribution < 1.29 is 14.3 Å². The van der Waals surface area contributed by atoms with Gasteiger partial charge in [-0.2, -0.15) is 0 Å². The van der Waals surface area contributed by atoms with Crippen molar-refractivity contribution in [2.75, 3.05) is 18.5 Å². The first-order valence-electron chi connectivity index (χ1n) is 10.7. The van der Waals surface area contributed by atoms with Gasteiger partial charge >= 0.3 is 0 Å². The number of ketones is 1. The largest absolute Gasteiger partial charge is 0.486 e. The number of anilines is 1. The number of fused-ring (bicyclic) bond motifs is 1. The number of benzene rings is 2. The van der Waals surface area contributed by atoms with E-state index >= 15 is 0 Å². The summed E-state index contributed by atoms with van der Waals surface area (Å²) in [6.07, 6.45) is 7.72. The molecular weight excluding hydrogens is 390 g/mol. The molecule has 6 heteroatoms. The first-order chi connectivity index (χ1) is 15.1. The molecule has 4 rings (SSSR count). The number of nitrogens with two attached hydrogens (primary N) is 1. The lowest BCUT2D eigenvalue weighted by Crippen LogP contribution is -2.27. The monoisotopic (exact) mass is 417 g/mol. The maximum Gasteiger partial charge on any atom is 0.233 e. The molecule has 1 heterocycles.